The fourth-order valence-electron chi connectivity index (χ4n) is 4.43. The number of anilines is 1. The molecule has 4 aromatic rings. The number of rotatable bonds is 4. The van der Waals surface area contributed by atoms with Crippen molar-refractivity contribution in [3.63, 3.8) is 0 Å². The van der Waals surface area contributed by atoms with Gasteiger partial charge in [0.1, 0.15) is 16.3 Å². The molecule has 8 heteroatoms. The van der Waals surface area contributed by atoms with Crippen LogP contribution in [0.25, 0.3) is 10.2 Å². The lowest BCUT2D eigenvalue weighted by Gasteiger charge is -2.39. The molecule has 0 radical (unpaired) electrons. The number of para-hydroxylation sites is 1. The van der Waals surface area contributed by atoms with Crippen molar-refractivity contribution in [3.05, 3.63) is 89.2 Å². The number of carbonyl (C=O) groups excluding carboxylic acids is 2. The molecular weight excluding hydrogens is 451 g/mol. The van der Waals surface area contributed by atoms with Crippen molar-refractivity contribution in [1.29, 1.82) is 0 Å². The van der Waals surface area contributed by atoms with E-state index in [-0.39, 0.29) is 30.3 Å². The Hall–Kier alpha value is -3.65. The number of aromatic nitrogens is 1. The first-order chi connectivity index (χ1) is 16.5. The summed E-state index contributed by atoms with van der Waals surface area (Å²) >= 11 is 1.54. The van der Waals surface area contributed by atoms with Gasteiger partial charge in [0.15, 0.2) is 0 Å². The fourth-order valence-corrected chi connectivity index (χ4v) is 5.33. The molecule has 1 saturated heterocycles. The van der Waals surface area contributed by atoms with Gasteiger partial charge in [-0.1, -0.05) is 36.4 Å². The van der Waals surface area contributed by atoms with Gasteiger partial charge in [0.2, 0.25) is 0 Å². The summed E-state index contributed by atoms with van der Waals surface area (Å²) in [7, 11) is 0. The van der Waals surface area contributed by atoms with E-state index in [1.165, 1.54) is 17.4 Å². The van der Waals surface area contributed by atoms with Gasteiger partial charge in [0.25, 0.3) is 5.91 Å². The molecule has 1 aliphatic heterocycles. The molecule has 6 nitrogen and oxygen atoms in total. The summed E-state index contributed by atoms with van der Waals surface area (Å²) in [6, 6.07) is 19.5. The second-order valence-corrected chi connectivity index (χ2v) is 9.37. The number of hydrogen-bond donors (Lipinski definition) is 1. The van der Waals surface area contributed by atoms with E-state index in [0.717, 1.165) is 15.9 Å². The highest BCUT2D eigenvalue weighted by Crippen LogP contribution is 2.28. The van der Waals surface area contributed by atoms with Crippen LogP contribution < -0.4 is 5.32 Å². The van der Waals surface area contributed by atoms with Crippen molar-refractivity contribution in [1.82, 2.24) is 14.4 Å². The maximum atomic E-state index is 14.4. The van der Waals surface area contributed by atoms with Gasteiger partial charge in [-0.05, 0) is 42.6 Å². The minimum atomic E-state index is -0.286. The molecular formula is C26H25FN4O2S. The maximum Gasteiger partial charge on any atom is 0.322 e. The summed E-state index contributed by atoms with van der Waals surface area (Å²) in [5.41, 5.74) is 1.82. The molecule has 0 aliphatic carbocycles. The lowest BCUT2D eigenvalue weighted by atomic mass is 10.1. The number of carbonyl (C=O) groups is 2. The lowest BCUT2D eigenvalue weighted by molar-refractivity contribution is 0.0583. The SMILES string of the molecule is C[C@H]1CN(C(=O)c2cc3ccsc3n2Cc2ccccc2F)CCN1C(=O)Nc1ccccc1. The topological polar surface area (TPSA) is 57.6 Å². The summed E-state index contributed by atoms with van der Waals surface area (Å²) in [6.45, 7) is 3.53. The van der Waals surface area contributed by atoms with Gasteiger partial charge in [-0.25, -0.2) is 9.18 Å². The molecule has 0 saturated carbocycles. The van der Waals surface area contributed by atoms with Gasteiger partial charge < -0.3 is 19.7 Å². The van der Waals surface area contributed by atoms with Crippen molar-refractivity contribution in [2.24, 2.45) is 0 Å². The summed E-state index contributed by atoms with van der Waals surface area (Å²) in [5.74, 6) is -0.388. The van der Waals surface area contributed by atoms with E-state index in [4.69, 9.17) is 0 Å². The van der Waals surface area contributed by atoms with Gasteiger partial charge in [-0.3, -0.25) is 4.79 Å². The third-order valence-corrected chi connectivity index (χ3v) is 7.16. The number of benzene rings is 2. The van der Waals surface area contributed by atoms with Crippen LogP contribution in [0.3, 0.4) is 0 Å². The highest BCUT2D eigenvalue weighted by molar-refractivity contribution is 7.16. The van der Waals surface area contributed by atoms with Crippen LogP contribution >= 0.6 is 11.3 Å². The van der Waals surface area contributed by atoms with Gasteiger partial charge in [-0.2, -0.15) is 0 Å². The van der Waals surface area contributed by atoms with Crippen molar-refractivity contribution in [3.8, 4) is 0 Å². The van der Waals surface area contributed by atoms with E-state index >= 15 is 0 Å². The Bertz CT molecular complexity index is 1330. The second-order valence-electron chi connectivity index (χ2n) is 8.48. The van der Waals surface area contributed by atoms with E-state index in [0.29, 0.717) is 30.9 Å². The third-order valence-electron chi connectivity index (χ3n) is 6.21. The van der Waals surface area contributed by atoms with Gasteiger partial charge in [0, 0.05) is 42.3 Å². The molecule has 34 heavy (non-hydrogen) atoms. The zero-order valence-corrected chi connectivity index (χ0v) is 19.6. The first-order valence-corrected chi connectivity index (χ1v) is 12.1. The Balaban J connectivity index is 1.33. The lowest BCUT2D eigenvalue weighted by Crippen LogP contribution is -2.56. The van der Waals surface area contributed by atoms with Gasteiger partial charge in [-0.15, -0.1) is 11.3 Å². The molecule has 3 amide bonds. The molecule has 2 aromatic carbocycles. The van der Waals surface area contributed by atoms with E-state index in [1.54, 1.807) is 28.0 Å². The summed E-state index contributed by atoms with van der Waals surface area (Å²) < 4.78 is 16.3. The Morgan fingerprint density at radius 3 is 2.59 bits per heavy atom. The monoisotopic (exact) mass is 476 g/mol. The number of piperazine rings is 1. The normalized spacial score (nSPS) is 16.1. The minimum absolute atomic E-state index is 0.102. The highest BCUT2D eigenvalue weighted by atomic mass is 32.1. The number of amides is 3. The molecule has 0 unspecified atom stereocenters. The predicted molar refractivity (Wildman–Crippen MR) is 133 cm³/mol. The van der Waals surface area contributed by atoms with Crippen molar-refractivity contribution >= 4 is 39.2 Å². The predicted octanol–water partition coefficient (Wildman–Crippen LogP) is 5.27. The zero-order chi connectivity index (χ0) is 23.7. The highest BCUT2D eigenvalue weighted by Gasteiger charge is 2.32. The van der Waals surface area contributed by atoms with Crippen molar-refractivity contribution in [2.75, 3.05) is 25.0 Å². The van der Waals surface area contributed by atoms with Crippen LogP contribution in [0.15, 0.2) is 72.1 Å². The molecule has 1 fully saturated rings. The standard InChI is InChI=1S/C26H25FN4O2S/c1-18-16-29(12-13-30(18)26(33)28-21-8-3-2-4-9-21)24(32)23-15-19-11-14-34-25(19)31(23)17-20-7-5-6-10-22(20)27/h2-11,14-15,18H,12-13,16-17H2,1H3,(H,28,33)/t18-/m0/s1. The number of thiophene rings is 1. The van der Waals surface area contributed by atoms with Crippen LogP contribution in [0.1, 0.15) is 23.0 Å². The maximum absolute atomic E-state index is 14.4. The average Bonchev–Trinajstić information content (AvgIpc) is 3.43. The Morgan fingerprint density at radius 2 is 1.82 bits per heavy atom. The first-order valence-electron chi connectivity index (χ1n) is 11.2. The molecule has 174 valence electrons. The van der Waals surface area contributed by atoms with E-state index < -0.39 is 0 Å². The summed E-state index contributed by atoms with van der Waals surface area (Å²) in [6.07, 6.45) is 0. The minimum Gasteiger partial charge on any atom is -0.334 e. The Kier molecular flexibility index (Phi) is 6.06. The number of urea groups is 1. The molecule has 1 N–H and O–H groups in total. The quantitative estimate of drug-likeness (QED) is 0.436. The molecule has 1 aliphatic rings. The zero-order valence-electron chi connectivity index (χ0n) is 18.8. The third kappa shape index (κ3) is 4.28. The van der Waals surface area contributed by atoms with Gasteiger partial charge in [0.05, 0.1) is 6.54 Å². The van der Waals surface area contributed by atoms with Crippen LogP contribution in [0, 0.1) is 5.82 Å². The molecule has 3 heterocycles. The van der Waals surface area contributed by atoms with Crippen molar-refractivity contribution < 1.29 is 14.0 Å². The van der Waals surface area contributed by atoms with Crippen molar-refractivity contribution in [2.45, 2.75) is 19.5 Å². The number of halogens is 1. The number of hydrogen-bond acceptors (Lipinski definition) is 3. The van der Waals surface area contributed by atoms with Crippen LogP contribution in [0.5, 0.6) is 0 Å². The van der Waals surface area contributed by atoms with E-state index in [1.807, 2.05) is 59.3 Å². The number of nitrogens with one attached hydrogen (secondary N) is 1. The van der Waals surface area contributed by atoms with E-state index in [9.17, 15) is 14.0 Å². The second kappa shape index (κ2) is 9.30. The van der Waals surface area contributed by atoms with Gasteiger partial charge >= 0.3 is 6.03 Å². The molecule has 5 rings (SSSR count). The first kappa shape index (κ1) is 22.2. The molecule has 1 atom stereocenters. The number of fused-ring (bicyclic) bond motifs is 1. The molecule has 2 aromatic heterocycles. The summed E-state index contributed by atoms with van der Waals surface area (Å²) in [5, 5.41) is 5.87. The fraction of sp³-hybridized carbons (Fsp3) is 0.231. The molecule has 0 spiro atoms. The van der Waals surface area contributed by atoms with Crippen LogP contribution in [0.2, 0.25) is 0 Å². The van der Waals surface area contributed by atoms with Crippen LogP contribution in [-0.2, 0) is 6.54 Å². The largest absolute Gasteiger partial charge is 0.334 e. The Morgan fingerprint density at radius 1 is 1.06 bits per heavy atom. The van der Waals surface area contributed by atoms with Crippen LogP contribution in [0.4, 0.5) is 14.9 Å². The molecule has 0 bridgehead atoms. The number of nitrogens with zero attached hydrogens (tertiary/aromatic N) is 3. The smallest absolute Gasteiger partial charge is 0.322 e. The summed E-state index contributed by atoms with van der Waals surface area (Å²) in [4.78, 5) is 30.8. The van der Waals surface area contributed by atoms with Crippen LogP contribution in [-0.4, -0.2) is 52.0 Å². The average molecular weight is 477 g/mol. The van der Waals surface area contributed by atoms with E-state index in [2.05, 4.69) is 5.32 Å². The Labute approximate surface area is 201 Å².